The van der Waals surface area contributed by atoms with Gasteiger partial charge in [0.25, 0.3) is 11.8 Å². The summed E-state index contributed by atoms with van der Waals surface area (Å²) in [5.74, 6) is 0.0248. The van der Waals surface area contributed by atoms with Crippen LogP contribution in [0.2, 0.25) is 0 Å². The molecule has 0 spiro atoms. The van der Waals surface area contributed by atoms with Crippen molar-refractivity contribution in [3.63, 3.8) is 0 Å². The van der Waals surface area contributed by atoms with E-state index in [2.05, 4.69) is 19.2 Å². The first-order valence-corrected chi connectivity index (χ1v) is 7.24. The fraction of sp³-hybridized carbons (Fsp3) is 0.667. The molecule has 20 heavy (non-hydrogen) atoms. The fourth-order valence-electron chi connectivity index (χ4n) is 1.88. The first kappa shape index (κ1) is 16.4. The van der Waals surface area contributed by atoms with Crippen molar-refractivity contribution in [2.45, 2.75) is 52.5 Å². The highest BCUT2D eigenvalue weighted by atomic mass is 16.2. The van der Waals surface area contributed by atoms with Crippen LogP contribution < -0.4 is 5.32 Å². The Morgan fingerprint density at radius 3 is 2.25 bits per heavy atom. The van der Waals surface area contributed by atoms with Crippen LogP contribution in [0.5, 0.6) is 0 Å². The van der Waals surface area contributed by atoms with Crippen molar-refractivity contribution in [2.75, 3.05) is 6.54 Å². The molecule has 3 amide bonds. The summed E-state index contributed by atoms with van der Waals surface area (Å²) in [4.78, 5) is 35.5. The molecule has 5 heteroatoms. The van der Waals surface area contributed by atoms with Gasteiger partial charge in [0.1, 0.15) is 0 Å². The predicted octanol–water partition coefficient (Wildman–Crippen LogP) is 1.63. The predicted molar refractivity (Wildman–Crippen MR) is 76.8 cm³/mol. The molecule has 1 heterocycles. The minimum Gasteiger partial charge on any atom is -0.353 e. The van der Waals surface area contributed by atoms with Crippen molar-refractivity contribution in [1.29, 1.82) is 0 Å². The van der Waals surface area contributed by atoms with Crippen molar-refractivity contribution in [2.24, 2.45) is 5.92 Å². The molecule has 0 unspecified atom stereocenters. The number of hydrogen-bond acceptors (Lipinski definition) is 3. The van der Waals surface area contributed by atoms with E-state index in [0.717, 1.165) is 19.3 Å². The summed E-state index contributed by atoms with van der Waals surface area (Å²) < 4.78 is 0. The van der Waals surface area contributed by atoms with Crippen LogP contribution in [-0.4, -0.2) is 35.2 Å². The lowest BCUT2D eigenvalue weighted by Gasteiger charge is -2.17. The van der Waals surface area contributed by atoms with Crippen molar-refractivity contribution in [1.82, 2.24) is 10.2 Å². The molecule has 1 aliphatic rings. The summed E-state index contributed by atoms with van der Waals surface area (Å²) in [6, 6.07) is 0.188. The number of nitrogens with one attached hydrogen (secondary N) is 1. The van der Waals surface area contributed by atoms with Gasteiger partial charge in [0.05, 0.1) is 0 Å². The van der Waals surface area contributed by atoms with E-state index in [1.807, 2.05) is 6.92 Å². The van der Waals surface area contributed by atoms with Crippen molar-refractivity contribution in [3.8, 4) is 0 Å². The van der Waals surface area contributed by atoms with Crippen molar-refractivity contribution >= 4 is 17.7 Å². The van der Waals surface area contributed by atoms with Gasteiger partial charge in [-0.05, 0) is 25.7 Å². The van der Waals surface area contributed by atoms with Gasteiger partial charge in [-0.1, -0.05) is 20.3 Å². The lowest BCUT2D eigenvalue weighted by molar-refractivity contribution is -0.137. The van der Waals surface area contributed by atoms with E-state index in [1.54, 1.807) is 0 Å². The molecule has 5 nitrogen and oxygen atoms in total. The number of hydrogen-bond donors (Lipinski definition) is 1. The minimum atomic E-state index is -0.237. The molecule has 0 aromatic carbocycles. The van der Waals surface area contributed by atoms with Crippen LogP contribution in [0, 0.1) is 5.92 Å². The van der Waals surface area contributed by atoms with Crippen molar-refractivity contribution in [3.05, 3.63) is 12.2 Å². The normalized spacial score (nSPS) is 16.1. The SMILES string of the molecule is CC(C)[C@@H](C)NC(=O)CCCCCN1C(=O)C=CC1=O. The second-order valence-corrected chi connectivity index (χ2v) is 5.57. The van der Waals surface area contributed by atoms with E-state index in [4.69, 9.17) is 0 Å². The summed E-state index contributed by atoms with van der Waals surface area (Å²) in [5, 5.41) is 2.96. The van der Waals surface area contributed by atoms with Gasteiger partial charge < -0.3 is 5.32 Å². The Morgan fingerprint density at radius 2 is 1.70 bits per heavy atom. The summed E-state index contributed by atoms with van der Waals surface area (Å²) in [6.45, 7) is 6.58. The maximum Gasteiger partial charge on any atom is 0.253 e. The van der Waals surface area contributed by atoms with Gasteiger partial charge >= 0.3 is 0 Å². The molecule has 0 saturated carbocycles. The summed E-state index contributed by atoms with van der Waals surface area (Å²) in [6.07, 6.45) is 5.44. The van der Waals surface area contributed by atoms with Crippen LogP contribution in [-0.2, 0) is 14.4 Å². The second kappa shape index (κ2) is 7.82. The highest BCUT2D eigenvalue weighted by Crippen LogP contribution is 2.08. The Bertz CT molecular complexity index is 384. The van der Waals surface area contributed by atoms with E-state index in [1.165, 1.54) is 17.1 Å². The number of carbonyl (C=O) groups excluding carboxylic acids is 3. The fourth-order valence-corrected chi connectivity index (χ4v) is 1.88. The van der Waals surface area contributed by atoms with Gasteiger partial charge in [0.15, 0.2) is 0 Å². The van der Waals surface area contributed by atoms with Gasteiger partial charge in [-0.15, -0.1) is 0 Å². The molecule has 0 saturated heterocycles. The first-order chi connectivity index (χ1) is 9.41. The third-order valence-electron chi connectivity index (χ3n) is 3.57. The van der Waals surface area contributed by atoms with E-state index < -0.39 is 0 Å². The number of rotatable bonds is 8. The number of amides is 3. The zero-order valence-electron chi connectivity index (χ0n) is 12.5. The summed E-state index contributed by atoms with van der Waals surface area (Å²) >= 11 is 0. The molecule has 0 aliphatic carbocycles. The molecule has 1 N–H and O–H groups in total. The van der Waals surface area contributed by atoms with Crippen molar-refractivity contribution < 1.29 is 14.4 Å². The maximum atomic E-state index is 11.6. The highest BCUT2D eigenvalue weighted by molar-refractivity contribution is 6.12. The average Bonchev–Trinajstić information content (AvgIpc) is 2.69. The average molecular weight is 280 g/mol. The van der Waals surface area contributed by atoms with E-state index >= 15 is 0 Å². The van der Waals surface area contributed by atoms with Crippen LogP contribution in [0.1, 0.15) is 46.5 Å². The van der Waals surface area contributed by atoms with E-state index in [-0.39, 0.29) is 23.8 Å². The Hall–Kier alpha value is -1.65. The zero-order chi connectivity index (χ0) is 15.1. The molecule has 0 aromatic rings. The summed E-state index contributed by atoms with van der Waals surface area (Å²) in [5.41, 5.74) is 0. The topological polar surface area (TPSA) is 66.5 Å². The number of unbranched alkanes of at least 4 members (excludes halogenated alkanes) is 2. The van der Waals surface area contributed by atoms with E-state index in [9.17, 15) is 14.4 Å². The third-order valence-corrected chi connectivity index (χ3v) is 3.57. The highest BCUT2D eigenvalue weighted by Gasteiger charge is 2.22. The largest absolute Gasteiger partial charge is 0.353 e. The van der Waals surface area contributed by atoms with E-state index in [0.29, 0.717) is 18.9 Å². The van der Waals surface area contributed by atoms with Gasteiger partial charge in [-0.3, -0.25) is 19.3 Å². The van der Waals surface area contributed by atoms with Crippen LogP contribution in [0.3, 0.4) is 0 Å². The maximum absolute atomic E-state index is 11.6. The zero-order valence-corrected chi connectivity index (χ0v) is 12.5. The Morgan fingerprint density at radius 1 is 1.10 bits per heavy atom. The van der Waals surface area contributed by atoms with Gasteiger partial charge in [-0.2, -0.15) is 0 Å². The van der Waals surface area contributed by atoms with Gasteiger partial charge in [0, 0.05) is 31.2 Å². The standard InChI is InChI=1S/C15H24N2O3/c1-11(2)12(3)16-13(18)7-5-4-6-10-17-14(19)8-9-15(17)20/h8-9,11-12H,4-7,10H2,1-3H3,(H,16,18)/t12-/m1/s1. The molecule has 112 valence electrons. The summed E-state index contributed by atoms with van der Waals surface area (Å²) in [7, 11) is 0. The van der Waals surface area contributed by atoms with Crippen LogP contribution in [0.4, 0.5) is 0 Å². The monoisotopic (exact) mass is 280 g/mol. The number of imide groups is 1. The minimum absolute atomic E-state index is 0.0705. The molecule has 0 fully saturated rings. The Labute approximate surface area is 120 Å². The molecular formula is C15H24N2O3. The molecule has 1 aliphatic heterocycles. The quantitative estimate of drug-likeness (QED) is 0.543. The van der Waals surface area contributed by atoms with Gasteiger partial charge in [-0.25, -0.2) is 0 Å². The molecule has 0 bridgehead atoms. The second-order valence-electron chi connectivity index (χ2n) is 5.57. The Balaban J connectivity index is 2.09. The van der Waals surface area contributed by atoms with Crippen LogP contribution >= 0.6 is 0 Å². The molecule has 1 rings (SSSR count). The molecular weight excluding hydrogens is 256 g/mol. The lowest BCUT2D eigenvalue weighted by atomic mass is 10.1. The van der Waals surface area contributed by atoms with Gasteiger partial charge in [0.2, 0.25) is 5.91 Å². The smallest absolute Gasteiger partial charge is 0.253 e. The third kappa shape index (κ3) is 5.15. The first-order valence-electron chi connectivity index (χ1n) is 7.24. The molecule has 0 radical (unpaired) electrons. The Kier molecular flexibility index (Phi) is 6.42. The lowest BCUT2D eigenvalue weighted by Crippen LogP contribution is -2.35. The van der Waals surface area contributed by atoms with Crippen LogP contribution in [0.15, 0.2) is 12.2 Å². The van der Waals surface area contributed by atoms with Crippen LogP contribution in [0.25, 0.3) is 0 Å². The molecule has 0 aromatic heterocycles. The molecule has 1 atom stereocenters. The number of carbonyl (C=O) groups is 3. The number of nitrogens with zero attached hydrogens (tertiary/aromatic N) is 1.